The van der Waals surface area contributed by atoms with E-state index in [4.69, 9.17) is 0 Å². The zero-order valence-electron chi connectivity index (χ0n) is 5.68. The lowest BCUT2D eigenvalue weighted by Crippen LogP contribution is -2.27. The van der Waals surface area contributed by atoms with Gasteiger partial charge in [-0.3, -0.25) is 4.79 Å². The molecular formula is C6H11NO2. The summed E-state index contributed by atoms with van der Waals surface area (Å²) in [4.78, 5) is 20.7. The van der Waals surface area contributed by atoms with Gasteiger partial charge in [-0.2, -0.15) is 0 Å². The maximum absolute atomic E-state index is 10.6. The third-order valence-electron chi connectivity index (χ3n) is 1.19. The number of hydrogen-bond acceptors (Lipinski definition) is 2. The van der Waals surface area contributed by atoms with Crippen LogP contribution in [0, 0.1) is 5.92 Å². The van der Waals surface area contributed by atoms with Crippen molar-refractivity contribution >= 4 is 12.2 Å². The van der Waals surface area contributed by atoms with Crippen LogP contribution in [-0.4, -0.2) is 19.2 Å². The molecule has 1 unspecified atom stereocenters. The molecule has 1 amide bonds. The van der Waals surface area contributed by atoms with Crippen molar-refractivity contribution in [1.29, 1.82) is 0 Å². The van der Waals surface area contributed by atoms with E-state index in [9.17, 15) is 9.59 Å². The Morgan fingerprint density at radius 2 is 2.33 bits per heavy atom. The first-order chi connectivity index (χ1) is 4.26. The lowest BCUT2D eigenvalue weighted by Gasteiger charge is -2.02. The Bertz CT molecular complexity index is 112. The third-order valence-corrected chi connectivity index (χ3v) is 1.19. The molecule has 0 aromatic heterocycles. The lowest BCUT2D eigenvalue weighted by molar-refractivity contribution is -0.128. The van der Waals surface area contributed by atoms with Crippen LogP contribution in [0.3, 0.4) is 0 Å². The number of carbonyl (C=O) groups excluding carboxylic acids is 2. The molecule has 0 rings (SSSR count). The van der Waals surface area contributed by atoms with Crippen molar-refractivity contribution in [3.63, 3.8) is 0 Å². The molecule has 0 saturated carbocycles. The molecule has 0 spiro atoms. The smallest absolute Gasteiger partial charge is 0.230 e. The van der Waals surface area contributed by atoms with E-state index in [1.807, 2.05) is 0 Å². The molecule has 0 fully saturated rings. The number of hydrogen-bond donors (Lipinski definition) is 1. The minimum atomic E-state index is -0.463. The van der Waals surface area contributed by atoms with E-state index in [-0.39, 0.29) is 5.91 Å². The SMILES string of the molecule is CCC(C=O)C(=O)NC. The molecule has 0 bridgehead atoms. The van der Waals surface area contributed by atoms with Crippen molar-refractivity contribution in [2.75, 3.05) is 7.05 Å². The summed E-state index contributed by atoms with van der Waals surface area (Å²) >= 11 is 0. The predicted molar refractivity (Wildman–Crippen MR) is 33.9 cm³/mol. The molecule has 3 heteroatoms. The fraction of sp³-hybridized carbons (Fsp3) is 0.667. The molecule has 1 atom stereocenters. The van der Waals surface area contributed by atoms with Crippen LogP contribution < -0.4 is 5.32 Å². The van der Waals surface area contributed by atoms with Gasteiger partial charge in [0.25, 0.3) is 0 Å². The largest absolute Gasteiger partial charge is 0.359 e. The molecule has 0 aliphatic rings. The summed E-state index contributed by atoms with van der Waals surface area (Å²) in [6.07, 6.45) is 1.24. The summed E-state index contributed by atoms with van der Waals surface area (Å²) in [5.74, 6) is -0.664. The van der Waals surface area contributed by atoms with Gasteiger partial charge in [-0.25, -0.2) is 0 Å². The Labute approximate surface area is 54.4 Å². The standard InChI is InChI=1S/C6H11NO2/c1-3-5(4-8)6(9)7-2/h4-5H,3H2,1-2H3,(H,7,9). The fourth-order valence-electron chi connectivity index (χ4n) is 0.529. The molecule has 0 aliphatic heterocycles. The van der Waals surface area contributed by atoms with Crippen LogP contribution >= 0.6 is 0 Å². The topological polar surface area (TPSA) is 46.2 Å². The molecule has 0 aromatic rings. The third kappa shape index (κ3) is 2.26. The van der Waals surface area contributed by atoms with Crippen molar-refractivity contribution < 1.29 is 9.59 Å². The molecule has 0 radical (unpaired) electrons. The van der Waals surface area contributed by atoms with Crippen molar-refractivity contribution in [2.45, 2.75) is 13.3 Å². The molecule has 1 N–H and O–H groups in total. The van der Waals surface area contributed by atoms with Crippen molar-refractivity contribution in [2.24, 2.45) is 5.92 Å². The van der Waals surface area contributed by atoms with E-state index in [2.05, 4.69) is 5.32 Å². The molecule has 9 heavy (non-hydrogen) atoms. The zero-order chi connectivity index (χ0) is 7.28. The van der Waals surface area contributed by atoms with E-state index in [1.54, 1.807) is 6.92 Å². The van der Waals surface area contributed by atoms with Crippen LogP contribution in [0.15, 0.2) is 0 Å². The molecule has 0 saturated heterocycles. The number of nitrogens with one attached hydrogen (secondary N) is 1. The first-order valence-corrected chi connectivity index (χ1v) is 2.93. The van der Waals surface area contributed by atoms with Gasteiger partial charge in [-0.05, 0) is 6.42 Å². The van der Waals surface area contributed by atoms with Crippen LogP contribution in [0.1, 0.15) is 13.3 Å². The Hall–Kier alpha value is -0.860. The highest BCUT2D eigenvalue weighted by atomic mass is 16.2. The second kappa shape index (κ2) is 4.06. The number of aldehydes is 1. The summed E-state index contributed by atoms with van der Waals surface area (Å²) in [7, 11) is 1.52. The zero-order valence-corrected chi connectivity index (χ0v) is 5.68. The summed E-state index contributed by atoms with van der Waals surface area (Å²) in [5, 5.41) is 2.40. The quantitative estimate of drug-likeness (QED) is 0.429. The molecule has 3 nitrogen and oxygen atoms in total. The normalized spacial score (nSPS) is 12.2. The van der Waals surface area contributed by atoms with Gasteiger partial charge in [0.1, 0.15) is 6.29 Å². The minimum Gasteiger partial charge on any atom is -0.359 e. The van der Waals surface area contributed by atoms with Crippen LogP contribution in [0.25, 0.3) is 0 Å². The maximum atomic E-state index is 10.6. The van der Waals surface area contributed by atoms with Gasteiger partial charge >= 0.3 is 0 Å². The summed E-state index contributed by atoms with van der Waals surface area (Å²) in [5.41, 5.74) is 0. The van der Waals surface area contributed by atoms with E-state index < -0.39 is 5.92 Å². The highest BCUT2D eigenvalue weighted by molar-refractivity contribution is 5.91. The average molecular weight is 129 g/mol. The Morgan fingerprint density at radius 1 is 1.78 bits per heavy atom. The van der Waals surface area contributed by atoms with Gasteiger partial charge in [-0.15, -0.1) is 0 Å². The van der Waals surface area contributed by atoms with Gasteiger partial charge in [0.2, 0.25) is 5.91 Å². The van der Waals surface area contributed by atoms with E-state index >= 15 is 0 Å². The second-order valence-electron chi connectivity index (χ2n) is 1.77. The molecule has 0 aromatic carbocycles. The fourth-order valence-corrected chi connectivity index (χ4v) is 0.529. The van der Waals surface area contributed by atoms with Crippen molar-refractivity contribution in [3.8, 4) is 0 Å². The van der Waals surface area contributed by atoms with Crippen LogP contribution in [-0.2, 0) is 9.59 Å². The van der Waals surface area contributed by atoms with E-state index in [0.717, 1.165) is 0 Å². The molecule has 0 heterocycles. The van der Waals surface area contributed by atoms with Gasteiger partial charge in [0.05, 0.1) is 5.92 Å². The van der Waals surface area contributed by atoms with Crippen LogP contribution in [0.2, 0.25) is 0 Å². The first-order valence-electron chi connectivity index (χ1n) is 2.93. The Morgan fingerprint density at radius 3 is 2.44 bits per heavy atom. The summed E-state index contributed by atoms with van der Waals surface area (Å²) in [6.45, 7) is 1.80. The highest BCUT2D eigenvalue weighted by Crippen LogP contribution is 1.95. The lowest BCUT2D eigenvalue weighted by atomic mass is 10.1. The van der Waals surface area contributed by atoms with Crippen molar-refractivity contribution in [1.82, 2.24) is 5.32 Å². The molecule has 52 valence electrons. The molecular weight excluding hydrogens is 118 g/mol. The first kappa shape index (κ1) is 8.14. The average Bonchev–Trinajstić information content (AvgIpc) is 1.90. The second-order valence-corrected chi connectivity index (χ2v) is 1.77. The van der Waals surface area contributed by atoms with Gasteiger partial charge in [0, 0.05) is 7.05 Å². The Balaban J connectivity index is 3.78. The number of amides is 1. The maximum Gasteiger partial charge on any atom is 0.230 e. The van der Waals surface area contributed by atoms with Crippen molar-refractivity contribution in [3.05, 3.63) is 0 Å². The summed E-state index contributed by atoms with van der Waals surface area (Å²) < 4.78 is 0. The highest BCUT2D eigenvalue weighted by Gasteiger charge is 2.11. The minimum absolute atomic E-state index is 0.201. The van der Waals surface area contributed by atoms with E-state index in [1.165, 1.54) is 7.05 Å². The van der Waals surface area contributed by atoms with Gasteiger partial charge in [-0.1, -0.05) is 6.92 Å². The van der Waals surface area contributed by atoms with Crippen LogP contribution in [0.4, 0.5) is 0 Å². The molecule has 0 aliphatic carbocycles. The number of rotatable bonds is 3. The summed E-state index contributed by atoms with van der Waals surface area (Å²) in [6, 6.07) is 0. The number of carbonyl (C=O) groups is 2. The predicted octanol–water partition coefficient (Wildman–Crippen LogP) is -0.0425. The Kier molecular flexibility index (Phi) is 3.67. The monoisotopic (exact) mass is 129 g/mol. The van der Waals surface area contributed by atoms with Crippen LogP contribution in [0.5, 0.6) is 0 Å². The van der Waals surface area contributed by atoms with Gasteiger partial charge < -0.3 is 10.1 Å². The van der Waals surface area contributed by atoms with Gasteiger partial charge in [0.15, 0.2) is 0 Å². The van der Waals surface area contributed by atoms with E-state index in [0.29, 0.717) is 12.7 Å².